The molecular weight excluding hydrogens is 160 g/mol. The smallest absolute Gasteiger partial charge is 0.0464 e. The van der Waals surface area contributed by atoms with Gasteiger partial charge in [0.25, 0.3) is 0 Å². The van der Waals surface area contributed by atoms with Gasteiger partial charge in [0, 0.05) is 6.61 Å². The first-order valence-electron chi connectivity index (χ1n) is 5.48. The van der Waals surface area contributed by atoms with Crippen LogP contribution < -0.4 is 0 Å². The minimum Gasteiger partial charge on any atom is -0.396 e. The predicted octanol–water partition coefficient (Wildman–Crippen LogP) is 3.47. The molecule has 0 amide bonds. The highest BCUT2D eigenvalue weighted by atomic mass is 16.3. The van der Waals surface area contributed by atoms with Gasteiger partial charge in [0.2, 0.25) is 0 Å². The number of aliphatic hydroxyl groups is 1. The van der Waals surface area contributed by atoms with Crippen molar-refractivity contribution in [3.63, 3.8) is 0 Å². The molecule has 0 aliphatic heterocycles. The lowest BCUT2D eigenvalue weighted by Gasteiger charge is -2.29. The van der Waals surface area contributed by atoms with Gasteiger partial charge in [-0.1, -0.05) is 47.5 Å². The van der Waals surface area contributed by atoms with Gasteiger partial charge in [0.15, 0.2) is 0 Å². The molecule has 1 heteroatoms. The molecule has 0 heterocycles. The highest BCUT2D eigenvalue weighted by Crippen LogP contribution is 2.30. The first-order valence-corrected chi connectivity index (χ1v) is 5.48. The quantitative estimate of drug-likeness (QED) is 0.697. The molecule has 1 N–H and O–H groups in total. The van der Waals surface area contributed by atoms with Crippen molar-refractivity contribution in [2.24, 2.45) is 17.3 Å². The minimum atomic E-state index is 0.256. The Labute approximate surface area is 83.5 Å². The molecule has 0 fully saturated rings. The van der Waals surface area contributed by atoms with Crippen LogP contribution in [0.3, 0.4) is 0 Å². The summed E-state index contributed by atoms with van der Waals surface area (Å²) in [6, 6.07) is 0. The molecule has 1 atom stereocenters. The third-order valence-electron chi connectivity index (χ3n) is 2.78. The summed E-state index contributed by atoms with van der Waals surface area (Å²) in [4.78, 5) is 0. The van der Waals surface area contributed by atoms with Gasteiger partial charge in [-0.25, -0.2) is 0 Å². The number of aliphatic hydroxyl groups excluding tert-OH is 1. The third-order valence-corrected chi connectivity index (χ3v) is 2.78. The SMILES string of the molecule is CC(C)CCCC(CO)C(C)(C)C. The van der Waals surface area contributed by atoms with Crippen molar-refractivity contribution in [2.45, 2.75) is 53.9 Å². The van der Waals surface area contributed by atoms with Crippen LogP contribution in [0.5, 0.6) is 0 Å². The van der Waals surface area contributed by atoms with Crippen molar-refractivity contribution < 1.29 is 5.11 Å². The maximum atomic E-state index is 9.23. The average molecular weight is 186 g/mol. The molecule has 1 nitrogen and oxygen atoms in total. The van der Waals surface area contributed by atoms with Gasteiger partial charge in [-0.3, -0.25) is 0 Å². The first kappa shape index (κ1) is 13.0. The average Bonchev–Trinajstić information content (AvgIpc) is 1.95. The molecule has 1 unspecified atom stereocenters. The van der Waals surface area contributed by atoms with Gasteiger partial charge in [-0.05, 0) is 23.7 Å². The maximum Gasteiger partial charge on any atom is 0.0464 e. The molecule has 0 aromatic rings. The molecule has 0 bridgehead atoms. The van der Waals surface area contributed by atoms with Gasteiger partial charge in [0.05, 0.1) is 0 Å². The van der Waals surface area contributed by atoms with E-state index in [9.17, 15) is 5.11 Å². The largest absolute Gasteiger partial charge is 0.396 e. The Morgan fingerprint density at radius 1 is 1.08 bits per heavy atom. The Morgan fingerprint density at radius 3 is 1.92 bits per heavy atom. The zero-order chi connectivity index (χ0) is 10.5. The number of rotatable bonds is 5. The summed E-state index contributed by atoms with van der Waals surface area (Å²) in [6.07, 6.45) is 3.70. The molecular formula is C12H26O. The molecule has 0 rings (SSSR count). The highest BCUT2D eigenvalue weighted by Gasteiger charge is 2.22. The lowest BCUT2D eigenvalue weighted by Crippen LogP contribution is -2.23. The fourth-order valence-electron chi connectivity index (χ4n) is 1.57. The van der Waals surface area contributed by atoms with E-state index in [0.717, 1.165) is 12.3 Å². The molecule has 13 heavy (non-hydrogen) atoms. The van der Waals surface area contributed by atoms with Crippen LogP contribution in [0.4, 0.5) is 0 Å². The van der Waals surface area contributed by atoms with Gasteiger partial charge >= 0.3 is 0 Å². The first-order chi connectivity index (χ1) is 5.88. The normalized spacial score (nSPS) is 15.0. The molecule has 0 saturated heterocycles. The van der Waals surface area contributed by atoms with Crippen molar-refractivity contribution in [3.8, 4) is 0 Å². The molecule has 0 aliphatic rings. The van der Waals surface area contributed by atoms with Gasteiger partial charge in [0.1, 0.15) is 0 Å². The molecule has 0 aromatic carbocycles. The summed E-state index contributed by atoms with van der Waals surface area (Å²) < 4.78 is 0. The summed E-state index contributed by atoms with van der Waals surface area (Å²) in [5.41, 5.74) is 0.256. The predicted molar refractivity (Wildman–Crippen MR) is 58.7 cm³/mol. The summed E-state index contributed by atoms with van der Waals surface area (Å²) in [5.74, 6) is 1.26. The summed E-state index contributed by atoms with van der Waals surface area (Å²) in [6.45, 7) is 11.5. The lowest BCUT2D eigenvalue weighted by molar-refractivity contribution is 0.120. The maximum absolute atomic E-state index is 9.23. The van der Waals surface area contributed by atoms with Gasteiger partial charge in [-0.15, -0.1) is 0 Å². The molecule has 0 radical (unpaired) electrons. The van der Waals surface area contributed by atoms with Gasteiger partial charge in [-0.2, -0.15) is 0 Å². The van der Waals surface area contributed by atoms with E-state index >= 15 is 0 Å². The number of hydrogen-bond acceptors (Lipinski definition) is 1. The van der Waals surface area contributed by atoms with Crippen molar-refractivity contribution in [2.75, 3.05) is 6.61 Å². The van der Waals surface area contributed by atoms with Crippen LogP contribution in [0, 0.1) is 17.3 Å². The Balaban J connectivity index is 3.73. The van der Waals surface area contributed by atoms with Crippen molar-refractivity contribution >= 4 is 0 Å². The van der Waals surface area contributed by atoms with E-state index in [1.807, 2.05) is 0 Å². The third kappa shape index (κ3) is 6.09. The van der Waals surface area contributed by atoms with E-state index in [-0.39, 0.29) is 5.41 Å². The Hall–Kier alpha value is -0.0400. The second kappa shape index (κ2) is 5.64. The van der Waals surface area contributed by atoms with Crippen molar-refractivity contribution in [1.29, 1.82) is 0 Å². The van der Waals surface area contributed by atoms with E-state index in [0.29, 0.717) is 12.5 Å². The number of hydrogen-bond donors (Lipinski definition) is 1. The van der Waals surface area contributed by atoms with Crippen LogP contribution in [0.15, 0.2) is 0 Å². The fraction of sp³-hybridized carbons (Fsp3) is 1.00. The molecule has 0 spiro atoms. The Kier molecular flexibility index (Phi) is 5.62. The monoisotopic (exact) mass is 186 g/mol. The van der Waals surface area contributed by atoms with E-state index in [4.69, 9.17) is 0 Å². The summed E-state index contributed by atoms with van der Waals surface area (Å²) in [5, 5.41) is 9.23. The second-order valence-corrected chi connectivity index (χ2v) is 5.57. The summed E-state index contributed by atoms with van der Waals surface area (Å²) >= 11 is 0. The molecule has 0 saturated carbocycles. The van der Waals surface area contributed by atoms with Crippen LogP contribution in [0.1, 0.15) is 53.9 Å². The zero-order valence-electron chi connectivity index (χ0n) is 9.93. The molecule has 0 aliphatic carbocycles. The van der Waals surface area contributed by atoms with Crippen molar-refractivity contribution in [1.82, 2.24) is 0 Å². The molecule has 0 aromatic heterocycles. The minimum absolute atomic E-state index is 0.256. The van der Waals surface area contributed by atoms with Crippen LogP contribution >= 0.6 is 0 Å². The highest BCUT2D eigenvalue weighted by molar-refractivity contribution is 4.73. The Bertz CT molecular complexity index is 122. The van der Waals surface area contributed by atoms with Crippen LogP contribution in [0.25, 0.3) is 0 Å². The van der Waals surface area contributed by atoms with E-state index in [2.05, 4.69) is 34.6 Å². The van der Waals surface area contributed by atoms with Crippen LogP contribution in [-0.4, -0.2) is 11.7 Å². The molecule has 80 valence electrons. The lowest BCUT2D eigenvalue weighted by atomic mass is 9.78. The van der Waals surface area contributed by atoms with E-state index in [1.165, 1.54) is 12.8 Å². The second-order valence-electron chi connectivity index (χ2n) is 5.57. The topological polar surface area (TPSA) is 20.2 Å². The van der Waals surface area contributed by atoms with Crippen LogP contribution in [-0.2, 0) is 0 Å². The zero-order valence-corrected chi connectivity index (χ0v) is 9.93. The fourth-order valence-corrected chi connectivity index (χ4v) is 1.57. The summed E-state index contributed by atoms with van der Waals surface area (Å²) in [7, 11) is 0. The Morgan fingerprint density at radius 2 is 1.62 bits per heavy atom. The van der Waals surface area contributed by atoms with E-state index < -0.39 is 0 Å². The standard InChI is InChI=1S/C12H26O/c1-10(2)7-6-8-11(9-13)12(3,4)5/h10-11,13H,6-9H2,1-5H3. The van der Waals surface area contributed by atoms with Crippen molar-refractivity contribution in [3.05, 3.63) is 0 Å². The van der Waals surface area contributed by atoms with Gasteiger partial charge < -0.3 is 5.11 Å². The van der Waals surface area contributed by atoms with E-state index in [1.54, 1.807) is 0 Å². The van der Waals surface area contributed by atoms with Crippen LogP contribution in [0.2, 0.25) is 0 Å².